The minimum Gasteiger partial charge on any atom is -0.315 e. The lowest BCUT2D eigenvalue weighted by Gasteiger charge is -2.47. The van der Waals surface area contributed by atoms with Crippen LogP contribution in [0.15, 0.2) is 11.6 Å². The van der Waals surface area contributed by atoms with Crippen molar-refractivity contribution in [1.82, 2.24) is 5.32 Å². The van der Waals surface area contributed by atoms with Crippen LogP contribution < -0.4 is 5.32 Å². The van der Waals surface area contributed by atoms with Gasteiger partial charge in [0.15, 0.2) is 5.78 Å². The van der Waals surface area contributed by atoms with E-state index >= 15 is 0 Å². The summed E-state index contributed by atoms with van der Waals surface area (Å²) in [4.78, 5) is 11.8. The van der Waals surface area contributed by atoms with Crippen LogP contribution in [-0.2, 0) is 4.79 Å². The first-order valence-electron chi connectivity index (χ1n) is 4.88. The Labute approximate surface area is 83.8 Å². The molecule has 1 saturated heterocycles. The Balaban J connectivity index is 2.41. The van der Waals surface area contributed by atoms with E-state index in [1.165, 1.54) is 0 Å². The van der Waals surface area contributed by atoms with Gasteiger partial charge in [-0.05, 0) is 6.42 Å². The molecule has 0 radical (unpaired) electrons. The Morgan fingerprint density at radius 3 is 2.57 bits per heavy atom. The highest BCUT2D eigenvalue weighted by molar-refractivity contribution is 6.03. The Kier molecular flexibility index (Phi) is 1.80. The summed E-state index contributed by atoms with van der Waals surface area (Å²) in [7, 11) is 0. The number of carbonyl (C=O) groups excluding carboxylic acids is 1. The Morgan fingerprint density at radius 2 is 2.14 bits per heavy atom. The third-order valence-corrected chi connectivity index (χ3v) is 3.18. The maximum absolute atomic E-state index is 11.8. The van der Waals surface area contributed by atoms with Crippen molar-refractivity contribution in [2.24, 2.45) is 10.8 Å². The highest BCUT2D eigenvalue weighted by Gasteiger charge is 2.47. The number of Topliss-reactive ketones (excluding diaryl/α,β-unsaturated/α-hetero) is 1. The van der Waals surface area contributed by atoms with Crippen LogP contribution in [0.4, 0.5) is 0 Å². The van der Waals surface area contributed by atoms with Gasteiger partial charge in [0.25, 0.3) is 0 Å². The maximum Gasteiger partial charge on any atom is 0.178 e. The van der Waals surface area contributed by atoms with Gasteiger partial charge in [0, 0.05) is 23.9 Å². The molecule has 14 heavy (non-hydrogen) atoms. The molecule has 74 valence electrons. The van der Waals surface area contributed by atoms with Crippen LogP contribution >= 0.6 is 0 Å². The number of nitrogens with zero attached hydrogens (tertiary/aromatic N) is 1. The summed E-state index contributed by atoms with van der Waals surface area (Å²) < 4.78 is 0. The topological polar surface area (TPSA) is 52.9 Å². The average molecular weight is 190 g/mol. The van der Waals surface area contributed by atoms with E-state index < -0.39 is 0 Å². The zero-order valence-electron chi connectivity index (χ0n) is 8.55. The summed E-state index contributed by atoms with van der Waals surface area (Å²) >= 11 is 0. The molecule has 1 aliphatic heterocycles. The lowest BCUT2D eigenvalue weighted by molar-refractivity contribution is -0.125. The van der Waals surface area contributed by atoms with Crippen LogP contribution in [0.2, 0.25) is 0 Å². The largest absolute Gasteiger partial charge is 0.315 e. The van der Waals surface area contributed by atoms with Crippen molar-refractivity contribution in [1.29, 1.82) is 5.26 Å². The van der Waals surface area contributed by atoms with Crippen molar-refractivity contribution in [2.45, 2.75) is 20.3 Å². The number of ketones is 1. The summed E-state index contributed by atoms with van der Waals surface area (Å²) in [5, 5.41) is 12.1. The molecule has 0 aromatic carbocycles. The zero-order chi connectivity index (χ0) is 10.4. The molecule has 1 aliphatic carbocycles. The number of carbonyl (C=O) groups is 1. The predicted octanol–water partition coefficient (Wildman–Crippen LogP) is 1.02. The van der Waals surface area contributed by atoms with Crippen molar-refractivity contribution >= 4 is 5.78 Å². The number of hydrogen-bond donors (Lipinski definition) is 1. The number of nitrogens with one attached hydrogen (secondary N) is 1. The fraction of sp³-hybridized carbons (Fsp3) is 0.636. The number of rotatable bonds is 0. The van der Waals surface area contributed by atoms with Crippen LogP contribution in [0.25, 0.3) is 0 Å². The summed E-state index contributed by atoms with van der Waals surface area (Å²) in [6, 6.07) is 2.02. The minimum absolute atomic E-state index is 0.00229. The summed E-state index contributed by atoms with van der Waals surface area (Å²) in [5.41, 5.74) is 0.0486. The monoisotopic (exact) mass is 190 g/mol. The highest BCUT2D eigenvalue weighted by Crippen LogP contribution is 2.44. The Hall–Kier alpha value is -1.14. The van der Waals surface area contributed by atoms with Gasteiger partial charge in [0.05, 0.1) is 5.57 Å². The van der Waals surface area contributed by atoms with Gasteiger partial charge in [-0.3, -0.25) is 4.79 Å². The molecule has 0 unspecified atom stereocenters. The zero-order valence-corrected chi connectivity index (χ0v) is 8.55. The molecule has 1 heterocycles. The normalized spacial score (nSPS) is 27.8. The van der Waals surface area contributed by atoms with Crippen LogP contribution in [-0.4, -0.2) is 18.9 Å². The van der Waals surface area contributed by atoms with E-state index in [2.05, 4.69) is 5.32 Å². The van der Waals surface area contributed by atoms with E-state index in [1.807, 2.05) is 26.0 Å². The first-order valence-corrected chi connectivity index (χ1v) is 4.88. The summed E-state index contributed by atoms with van der Waals surface area (Å²) in [6.45, 7) is 5.66. The first-order chi connectivity index (χ1) is 6.49. The smallest absolute Gasteiger partial charge is 0.178 e. The third-order valence-electron chi connectivity index (χ3n) is 3.18. The average Bonchev–Trinajstić information content (AvgIpc) is 2.07. The van der Waals surface area contributed by atoms with Gasteiger partial charge in [-0.25, -0.2) is 0 Å². The Morgan fingerprint density at radius 1 is 1.50 bits per heavy atom. The second-order valence-corrected chi connectivity index (χ2v) is 5.03. The van der Waals surface area contributed by atoms with E-state index in [9.17, 15) is 4.79 Å². The van der Waals surface area contributed by atoms with E-state index in [-0.39, 0.29) is 16.6 Å². The minimum atomic E-state index is -0.373. The predicted molar refractivity (Wildman–Crippen MR) is 52.4 cm³/mol. The first kappa shape index (κ1) is 9.42. The molecule has 2 rings (SSSR count). The van der Waals surface area contributed by atoms with Crippen LogP contribution in [0.3, 0.4) is 0 Å². The van der Waals surface area contributed by atoms with E-state index in [0.717, 1.165) is 19.5 Å². The lowest BCUT2D eigenvalue weighted by atomic mass is 9.62. The fourth-order valence-corrected chi connectivity index (χ4v) is 2.50. The van der Waals surface area contributed by atoms with Crippen LogP contribution in [0.1, 0.15) is 20.3 Å². The Bertz CT molecular complexity index is 356. The van der Waals surface area contributed by atoms with Gasteiger partial charge in [-0.15, -0.1) is 0 Å². The van der Waals surface area contributed by atoms with Crippen molar-refractivity contribution in [2.75, 3.05) is 13.1 Å². The molecule has 3 heteroatoms. The van der Waals surface area contributed by atoms with Crippen LogP contribution in [0.5, 0.6) is 0 Å². The second kappa shape index (κ2) is 2.68. The van der Waals surface area contributed by atoms with Gasteiger partial charge in [0.1, 0.15) is 6.07 Å². The molecular formula is C11H14N2O. The molecule has 0 atom stereocenters. The molecule has 0 amide bonds. The van der Waals surface area contributed by atoms with Gasteiger partial charge in [-0.1, -0.05) is 19.9 Å². The number of nitriles is 1. The number of hydrogen-bond acceptors (Lipinski definition) is 3. The standard InChI is InChI=1S/C11H14N2O/c1-10(2)5-11(6-13-7-11)3-8(4-12)9(10)14/h3,13H,5-7H2,1-2H3. The quantitative estimate of drug-likeness (QED) is 0.620. The van der Waals surface area contributed by atoms with Gasteiger partial charge < -0.3 is 5.32 Å². The van der Waals surface area contributed by atoms with Crippen LogP contribution in [0, 0.1) is 22.2 Å². The second-order valence-electron chi connectivity index (χ2n) is 5.03. The van der Waals surface area contributed by atoms with Gasteiger partial charge >= 0.3 is 0 Å². The molecular weight excluding hydrogens is 176 g/mol. The van der Waals surface area contributed by atoms with Crippen molar-refractivity contribution < 1.29 is 4.79 Å². The molecule has 0 saturated carbocycles. The summed E-state index contributed by atoms with van der Waals surface area (Å²) in [5.74, 6) is -0.00229. The van der Waals surface area contributed by atoms with E-state index in [1.54, 1.807) is 0 Å². The van der Waals surface area contributed by atoms with Crippen molar-refractivity contribution in [3.05, 3.63) is 11.6 Å². The molecule has 1 spiro atoms. The third kappa shape index (κ3) is 1.18. The number of allylic oxidation sites excluding steroid dienone is 1. The summed E-state index contributed by atoms with van der Waals surface area (Å²) in [6.07, 6.45) is 2.73. The fourth-order valence-electron chi connectivity index (χ4n) is 2.50. The van der Waals surface area contributed by atoms with E-state index in [4.69, 9.17) is 5.26 Å². The molecule has 0 bridgehead atoms. The van der Waals surface area contributed by atoms with E-state index in [0.29, 0.717) is 5.57 Å². The SMILES string of the molecule is CC1(C)CC2(C=C(C#N)C1=O)CNC2. The van der Waals surface area contributed by atoms with Gasteiger partial charge in [0.2, 0.25) is 0 Å². The molecule has 0 aromatic heterocycles. The molecule has 1 N–H and O–H groups in total. The molecule has 3 nitrogen and oxygen atoms in total. The highest BCUT2D eigenvalue weighted by atomic mass is 16.1. The van der Waals surface area contributed by atoms with Gasteiger partial charge in [-0.2, -0.15) is 5.26 Å². The molecule has 2 aliphatic rings. The molecule has 0 aromatic rings. The van der Waals surface area contributed by atoms with Crippen molar-refractivity contribution in [3.63, 3.8) is 0 Å². The maximum atomic E-state index is 11.8. The molecule has 1 fully saturated rings. The van der Waals surface area contributed by atoms with Crippen molar-refractivity contribution in [3.8, 4) is 6.07 Å². The lowest BCUT2D eigenvalue weighted by Crippen LogP contribution is -2.57.